The quantitative estimate of drug-likeness (QED) is 0.740. The first-order valence-corrected chi connectivity index (χ1v) is 5.66. The largest absolute Gasteiger partial charge is 0.433 e. The van der Waals surface area contributed by atoms with Gasteiger partial charge in [-0.2, -0.15) is 18.4 Å². The molecule has 2 heterocycles. The number of anilines is 1. The predicted molar refractivity (Wildman–Crippen MR) is 59.6 cm³/mol. The summed E-state index contributed by atoms with van der Waals surface area (Å²) in [5.41, 5.74) is -1.11. The maximum absolute atomic E-state index is 12.6. The second-order valence-corrected chi connectivity index (χ2v) is 4.15. The van der Waals surface area contributed by atoms with Crippen molar-refractivity contribution in [2.75, 3.05) is 24.6 Å². The Morgan fingerprint density at radius 2 is 2.21 bits per heavy atom. The minimum absolute atomic E-state index is 0.0378. The maximum atomic E-state index is 12.6. The van der Waals surface area contributed by atoms with Crippen LogP contribution in [-0.4, -0.2) is 35.8 Å². The molecule has 0 saturated carbocycles. The van der Waals surface area contributed by atoms with Gasteiger partial charge < -0.3 is 9.64 Å². The molecule has 0 aromatic carbocycles. The van der Waals surface area contributed by atoms with Gasteiger partial charge in [-0.1, -0.05) is 0 Å². The monoisotopic (exact) mass is 292 g/mol. The number of nitrogens with zero attached hydrogens (tertiary/aromatic N) is 4. The second-order valence-electron chi connectivity index (χ2n) is 3.81. The molecule has 0 spiro atoms. The van der Waals surface area contributed by atoms with Crippen LogP contribution < -0.4 is 4.90 Å². The van der Waals surface area contributed by atoms with Crippen molar-refractivity contribution >= 4 is 17.4 Å². The van der Waals surface area contributed by atoms with Gasteiger partial charge in [0.15, 0.2) is 11.8 Å². The number of nitriles is 1. The average Bonchev–Trinajstić information content (AvgIpc) is 2.37. The molecule has 1 fully saturated rings. The Kier molecular flexibility index (Phi) is 3.78. The number of ether oxygens (including phenoxy) is 1. The third kappa shape index (κ3) is 3.24. The fourth-order valence-electron chi connectivity index (χ4n) is 1.65. The molecule has 1 aromatic heterocycles. The molecule has 0 amide bonds. The number of hydrogen-bond acceptors (Lipinski definition) is 5. The summed E-state index contributed by atoms with van der Waals surface area (Å²) in [6, 6.07) is 2.71. The number of halogens is 4. The van der Waals surface area contributed by atoms with E-state index in [2.05, 4.69) is 9.97 Å². The standard InChI is InChI=1S/C10H8ClF3N4O/c11-9-16-7(10(12,13)14)3-8(17-9)18-1-2-19-6(4-15)5-18/h3,6H,1-2,5H2. The topological polar surface area (TPSA) is 62.0 Å². The third-order valence-electron chi connectivity index (χ3n) is 2.51. The molecular weight excluding hydrogens is 285 g/mol. The van der Waals surface area contributed by atoms with E-state index in [4.69, 9.17) is 21.6 Å². The summed E-state index contributed by atoms with van der Waals surface area (Å²) in [6.07, 6.45) is -5.29. The van der Waals surface area contributed by atoms with Gasteiger partial charge in [-0.3, -0.25) is 0 Å². The molecule has 0 radical (unpaired) electrons. The van der Waals surface area contributed by atoms with Crippen molar-refractivity contribution in [3.63, 3.8) is 0 Å². The summed E-state index contributed by atoms with van der Waals surface area (Å²) in [7, 11) is 0. The molecule has 9 heteroatoms. The Balaban J connectivity index is 2.30. The van der Waals surface area contributed by atoms with E-state index in [9.17, 15) is 13.2 Å². The summed E-state index contributed by atoms with van der Waals surface area (Å²) >= 11 is 5.50. The first-order valence-electron chi connectivity index (χ1n) is 5.28. The van der Waals surface area contributed by atoms with E-state index in [1.54, 1.807) is 0 Å². The molecule has 5 nitrogen and oxygen atoms in total. The van der Waals surface area contributed by atoms with Crippen LogP contribution in [-0.2, 0) is 10.9 Å². The summed E-state index contributed by atoms with van der Waals surface area (Å²) in [5.74, 6) is 0.0378. The minimum Gasteiger partial charge on any atom is -0.360 e. The molecule has 1 atom stereocenters. The van der Waals surface area contributed by atoms with Crippen LogP contribution in [0.3, 0.4) is 0 Å². The van der Waals surface area contributed by atoms with Crippen LogP contribution in [0.1, 0.15) is 5.69 Å². The third-order valence-corrected chi connectivity index (χ3v) is 2.68. The number of morpholine rings is 1. The van der Waals surface area contributed by atoms with E-state index in [0.717, 1.165) is 6.07 Å². The summed E-state index contributed by atoms with van der Waals surface area (Å²) in [4.78, 5) is 8.41. The van der Waals surface area contributed by atoms with Gasteiger partial charge in [-0.15, -0.1) is 0 Å². The van der Waals surface area contributed by atoms with Crippen LogP contribution in [0.15, 0.2) is 6.07 Å². The van der Waals surface area contributed by atoms with Crippen molar-refractivity contribution in [1.82, 2.24) is 9.97 Å². The van der Waals surface area contributed by atoms with Gasteiger partial charge in [0.25, 0.3) is 0 Å². The molecule has 0 N–H and O–H groups in total. The van der Waals surface area contributed by atoms with Crippen molar-refractivity contribution < 1.29 is 17.9 Å². The number of hydrogen-bond donors (Lipinski definition) is 0. The molecule has 1 unspecified atom stereocenters. The smallest absolute Gasteiger partial charge is 0.360 e. The van der Waals surface area contributed by atoms with Crippen LogP contribution in [0.4, 0.5) is 19.0 Å². The fraction of sp³-hybridized carbons (Fsp3) is 0.500. The Hall–Kier alpha value is -1.59. The van der Waals surface area contributed by atoms with E-state index >= 15 is 0 Å². The van der Waals surface area contributed by atoms with Crippen LogP contribution in [0, 0.1) is 11.3 Å². The molecule has 2 rings (SSSR count). The molecule has 1 aliphatic heterocycles. The SMILES string of the molecule is N#CC1CN(c2cc(C(F)(F)F)nc(Cl)n2)CCO1. The lowest BCUT2D eigenvalue weighted by Crippen LogP contribution is -2.42. The van der Waals surface area contributed by atoms with Crippen molar-refractivity contribution in [3.8, 4) is 6.07 Å². The van der Waals surface area contributed by atoms with Gasteiger partial charge in [-0.25, -0.2) is 9.97 Å². The average molecular weight is 293 g/mol. The van der Waals surface area contributed by atoms with E-state index < -0.39 is 23.3 Å². The van der Waals surface area contributed by atoms with Crippen molar-refractivity contribution in [2.24, 2.45) is 0 Å². The maximum Gasteiger partial charge on any atom is 0.433 e. The van der Waals surface area contributed by atoms with Gasteiger partial charge in [0.1, 0.15) is 5.82 Å². The van der Waals surface area contributed by atoms with E-state index in [1.807, 2.05) is 6.07 Å². The van der Waals surface area contributed by atoms with Gasteiger partial charge in [0, 0.05) is 12.6 Å². The Morgan fingerprint density at radius 1 is 1.47 bits per heavy atom. The molecule has 1 aliphatic rings. The van der Waals surface area contributed by atoms with Gasteiger partial charge in [0.2, 0.25) is 5.28 Å². The highest BCUT2D eigenvalue weighted by atomic mass is 35.5. The first kappa shape index (κ1) is 13.8. The van der Waals surface area contributed by atoms with Crippen molar-refractivity contribution in [3.05, 3.63) is 17.0 Å². The summed E-state index contributed by atoms with van der Waals surface area (Å²) in [5, 5.41) is 8.27. The number of rotatable bonds is 1. The van der Waals surface area contributed by atoms with Crippen LogP contribution in [0.2, 0.25) is 5.28 Å². The molecular formula is C10H8ClF3N4O. The van der Waals surface area contributed by atoms with Crippen molar-refractivity contribution in [2.45, 2.75) is 12.3 Å². The Bertz CT molecular complexity index is 516. The fourth-order valence-corrected chi connectivity index (χ4v) is 1.83. The first-order chi connectivity index (χ1) is 8.90. The molecule has 102 valence electrons. The number of alkyl halides is 3. The lowest BCUT2D eigenvalue weighted by molar-refractivity contribution is -0.141. The Morgan fingerprint density at radius 3 is 2.84 bits per heavy atom. The van der Waals surface area contributed by atoms with E-state index in [-0.39, 0.29) is 19.0 Å². The second kappa shape index (κ2) is 5.19. The summed E-state index contributed by atoms with van der Waals surface area (Å²) < 4.78 is 42.9. The van der Waals surface area contributed by atoms with Crippen LogP contribution >= 0.6 is 11.6 Å². The lowest BCUT2D eigenvalue weighted by atomic mass is 10.3. The lowest BCUT2D eigenvalue weighted by Gasteiger charge is -2.30. The zero-order valence-corrected chi connectivity index (χ0v) is 10.2. The zero-order valence-electron chi connectivity index (χ0n) is 9.48. The van der Waals surface area contributed by atoms with Crippen LogP contribution in [0.5, 0.6) is 0 Å². The molecule has 1 aromatic rings. The normalized spacial score (nSPS) is 20.2. The highest BCUT2D eigenvalue weighted by molar-refractivity contribution is 6.28. The van der Waals surface area contributed by atoms with Gasteiger partial charge in [-0.05, 0) is 11.6 Å². The summed E-state index contributed by atoms with van der Waals surface area (Å²) in [6.45, 7) is 0.713. The Labute approximate surface area is 111 Å². The molecule has 0 bridgehead atoms. The van der Waals surface area contributed by atoms with Crippen molar-refractivity contribution in [1.29, 1.82) is 5.26 Å². The highest BCUT2D eigenvalue weighted by Gasteiger charge is 2.34. The predicted octanol–water partition coefficient (Wildman–Crippen LogP) is 1.88. The molecule has 1 saturated heterocycles. The highest BCUT2D eigenvalue weighted by Crippen LogP contribution is 2.30. The van der Waals surface area contributed by atoms with Gasteiger partial charge in [0.05, 0.1) is 19.2 Å². The van der Waals surface area contributed by atoms with Gasteiger partial charge >= 0.3 is 6.18 Å². The van der Waals surface area contributed by atoms with E-state index in [0.29, 0.717) is 6.54 Å². The molecule has 19 heavy (non-hydrogen) atoms. The minimum atomic E-state index is -4.59. The van der Waals surface area contributed by atoms with E-state index in [1.165, 1.54) is 4.90 Å². The molecule has 0 aliphatic carbocycles. The van der Waals surface area contributed by atoms with Crippen LogP contribution in [0.25, 0.3) is 0 Å². The zero-order chi connectivity index (χ0) is 14.0. The number of aromatic nitrogens is 2.